The van der Waals surface area contributed by atoms with Gasteiger partial charge in [0.25, 0.3) is 15.9 Å². The number of para-hydroxylation sites is 1. The van der Waals surface area contributed by atoms with Crippen molar-refractivity contribution in [1.29, 1.82) is 0 Å². The lowest BCUT2D eigenvalue weighted by atomic mass is 9.98. The number of amides is 1. The number of carbonyl (C=O) groups excluding carboxylic acids is 1. The summed E-state index contributed by atoms with van der Waals surface area (Å²) in [6.45, 7) is 7.71. The summed E-state index contributed by atoms with van der Waals surface area (Å²) in [6, 6.07) is 10.0. The van der Waals surface area contributed by atoms with Gasteiger partial charge in [0, 0.05) is 40.2 Å². The van der Waals surface area contributed by atoms with E-state index in [0.29, 0.717) is 28.1 Å². The molecule has 0 fully saturated rings. The van der Waals surface area contributed by atoms with E-state index in [2.05, 4.69) is 15.1 Å². The average molecular weight is 467 g/mol. The van der Waals surface area contributed by atoms with Crippen LogP contribution in [0.15, 0.2) is 59.3 Å². The van der Waals surface area contributed by atoms with Crippen LogP contribution in [0.4, 0.5) is 11.4 Å². The molecule has 0 radical (unpaired) electrons. The highest BCUT2D eigenvalue weighted by Crippen LogP contribution is 2.42. The molecule has 172 valence electrons. The zero-order chi connectivity index (χ0) is 23.9. The molecule has 3 aromatic rings. The Morgan fingerprint density at radius 2 is 1.88 bits per heavy atom. The van der Waals surface area contributed by atoms with E-state index in [1.54, 1.807) is 41.2 Å². The normalized spacial score (nSPS) is 13.2. The third kappa shape index (κ3) is 4.11. The van der Waals surface area contributed by atoms with Gasteiger partial charge >= 0.3 is 0 Å². The van der Waals surface area contributed by atoms with Crippen LogP contribution >= 0.6 is 0 Å². The fraction of sp³-hybridized carbons (Fsp3) is 0.250. The second-order valence-electron chi connectivity index (χ2n) is 8.33. The van der Waals surface area contributed by atoms with Gasteiger partial charge in [0.2, 0.25) is 0 Å². The quantitative estimate of drug-likeness (QED) is 0.513. The number of hydrogen-bond donors (Lipinski definition) is 2. The summed E-state index contributed by atoms with van der Waals surface area (Å²) in [5, 5.41) is 7.28. The molecule has 1 amide bonds. The Kier molecular flexibility index (Phi) is 5.75. The van der Waals surface area contributed by atoms with Crippen molar-refractivity contribution < 1.29 is 17.9 Å². The summed E-state index contributed by atoms with van der Waals surface area (Å²) < 4.78 is 36.5. The van der Waals surface area contributed by atoms with Gasteiger partial charge in [-0.25, -0.2) is 8.42 Å². The summed E-state index contributed by atoms with van der Waals surface area (Å²) in [6.07, 6.45) is 3.53. The molecule has 1 aliphatic rings. The van der Waals surface area contributed by atoms with Gasteiger partial charge in [-0.2, -0.15) is 5.10 Å². The van der Waals surface area contributed by atoms with Gasteiger partial charge in [-0.3, -0.25) is 14.2 Å². The summed E-state index contributed by atoms with van der Waals surface area (Å²) in [4.78, 5) is 12.6. The fourth-order valence-corrected chi connectivity index (χ4v) is 5.08. The minimum absolute atomic E-state index is 0.0217. The lowest BCUT2D eigenvalue weighted by Crippen LogP contribution is -2.15. The number of aromatic nitrogens is 2. The van der Waals surface area contributed by atoms with Crippen LogP contribution in [-0.4, -0.2) is 31.2 Å². The van der Waals surface area contributed by atoms with Gasteiger partial charge < -0.3 is 10.1 Å². The maximum atomic E-state index is 13.4. The van der Waals surface area contributed by atoms with E-state index >= 15 is 0 Å². The van der Waals surface area contributed by atoms with Gasteiger partial charge in [-0.15, -0.1) is 0 Å². The molecule has 1 aromatic heterocycles. The fourth-order valence-electron chi connectivity index (χ4n) is 3.84. The molecule has 0 spiro atoms. The lowest BCUT2D eigenvalue weighted by molar-refractivity contribution is -0.110. The molecule has 0 atom stereocenters. The van der Waals surface area contributed by atoms with Crippen LogP contribution in [0.1, 0.15) is 39.3 Å². The molecule has 2 N–H and O–H groups in total. The summed E-state index contributed by atoms with van der Waals surface area (Å²) in [5.41, 5.74) is 4.33. The standard InChI is InChI=1S/C24H26N4O4S/c1-14(2)23-18-11-20(27-33(30,31)22-9-7-6-8-21(22)32-5)17(10-19(18)26-24(23)29)16-12-25-28(13-16)15(3)4/h6-13,15,27H,1-5H3,(H,26,29). The maximum Gasteiger partial charge on any atom is 0.265 e. The van der Waals surface area contributed by atoms with Crippen molar-refractivity contribution in [1.82, 2.24) is 9.78 Å². The van der Waals surface area contributed by atoms with E-state index in [9.17, 15) is 13.2 Å². The number of sulfonamides is 1. The van der Waals surface area contributed by atoms with Crippen LogP contribution in [0.25, 0.3) is 16.7 Å². The number of carbonyl (C=O) groups is 1. The number of fused-ring (bicyclic) bond motifs is 1. The van der Waals surface area contributed by atoms with Gasteiger partial charge in [0.05, 0.1) is 19.0 Å². The van der Waals surface area contributed by atoms with Crippen LogP contribution < -0.4 is 14.8 Å². The molecule has 8 nitrogen and oxygen atoms in total. The van der Waals surface area contributed by atoms with Crippen molar-refractivity contribution in [3.05, 3.63) is 59.9 Å². The second-order valence-corrected chi connectivity index (χ2v) is 9.98. The summed E-state index contributed by atoms with van der Waals surface area (Å²) in [7, 11) is -2.56. The number of allylic oxidation sites excluding steroid dienone is 1. The first-order valence-electron chi connectivity index (χ1n) is 10.5. The van der Waals surface area contributed by atoms with E-state index in [-0.39, 0.29) is 22.6 Å². The van der Waals surface area contributed by atoms with E-state index in [1.807, 2.05) is 33.9 Å². The molecule has 2 aromatic carbocycles. The number of benzene rings is 2. The molecule has 0 bridgehead atoms. The molecular formula is C24H26N4O4S. The Morgan fingerprint density at radius 1 is 1.15 bits per heavy atom. The van der Waals surface area contributed by atoms with Crippen LogP contribution in [0.2, 0.25) is 0 Å². The number of ether oxygens (including phenoxy) is 1. The molecule has 1 aliphatic heterocycles. The number of anilines is 2. The third-order valence-electron chi connectivity index (χ3n) is 5.45. The van der Waals surface area contributed by atoms with E-state index in [4.69, 9.17) is 4.74 Å². The van der Waals surface area contributed by atoms with Crippen molar-refractivity contribution in [2.75, 3.05) is 17.1 Å². The Hall–Kier alpha value is -3.59. The Labute approximate surface area is 193 Å². The summed E-state index contributed by atoms with van der Waals surface area (Å²) in [5.74, 6) is 0.0285. The van der Waals surface area contributed by atoms with Gasteiger partial charge in [-0.05, 0) is 52.0 Å². The topological polar surface area (TPSA) is 102 Å². The molecule has 9 heteroatoms. The maximum absolute atomic E-state index is 13.4. The Balaban J connectivity index is 1.90. The molecule has 2 heterocycles. The Bertz CT molecular complexity index is 1380. The zero-order valence-corrected chi connectivity index (χ0v) is 19.9. The molecule has 33 heavy (non-hydrogen) atoms. The molecule has 0 saturated heterocycles. The molecule has 0 aliphatic carbocycles. The minimum atomic E-state index is -3.99. The van der Waals surface area contributed by atoms with Crippen molar-refractivity contribution in [3.8, 4) is 16.9 Å². The van der Waals surface area contributed by atoms with Crippen LogP contribution in [-0.2, 0) is 14.8 Å². The van der Waals surface area contributed by atoms with Crippen LogP contribution in [0.5, 0.6) is 5.75 Å². The molecule has 0 unspecified atom stereocenters. The number of nitrogens with zero attached hydrogens (tertiary/aromatic N) is 2. The van der Waals surface area contributed by atoms with Crippen molar-refractivity contribution in [2.24, 2.45) is 0 Å². The first-order chi connectivity index (χ1) is 15.6. The van der Waals surface area contributed by atoms with E-state index in [0.717, 1.165) is 11.1 Å². The zero-order valence-electron chi connectivity index (χ0n) is 19.1. The van der Waals surface area contributed by atoms with Crippen molar-refractivity contribution in [2.45, 2.75) is 38.6 Å². The second kappa shape index (κ2) is 8.40. The first kappa shape index (κ1) is 22.6. The van der Waals surface area contributed by atoms with Crippen LogP contribution in [0, 0.1) is 0 Å². The number of nitrogens with one attached hydrogen (secondary N) is 2. The molecule has 4 rings (SSSR count). The summed E-state index contributed by atoms with van der Waals surface area (Å²) >= 11 is 0. The van der Waals surface area contributed by atoms with Crippen molar-refractivity contribution >= 4 is 32.9 Å². The molecular weight excluding hydrogens is 440 g/mol. The van der Waals surface area contributed by atoms with E-state index in [1.165, 1.54) is 13.2 Å². The minimum Gasteiger partial charge on any atom is -0.495 e. The first-order valence-corrected chi connectivity index (χ1v) is 12.0. The van der Waals surface area contributed by atoms with Gasteiger partial charge in [0.1, 0.15) is 10.6 Å². The number of hydrogen-bond acceptors (Lipinski definition) is 5. The third-order valence-corrected chi connectivity index (χ3v) is 6.85. The SMILES string of the molecule is COc1ccccc1S(=O)(=O)Nc1cc2c(cc1-c1cnn(C(C)C)c1)NC(=O)C2=C(C)C. The highest BCUT2D eigenvalue weighted by Gasteiger charge is 2.29. The van der Waals surface area contributed by atoms with Gasteiger partial charge in [-0.1, -0.05) is 17.7 Å². The highest BCUT2D eigenvalue weighted by atomic mass is 32.2. The Morgan fingerprint density at radius 3 is 2.52 bits per heavy atom. The predicted octanol–water partition coefficient (Wildman–Crippen LogP) is 4.69. The monoisotopic (exact) mass is 466 g/mol. The average Bonchev–Trinajstić information content (AvgIpc) is 3.37. The van der Waals surface area contributed by atoms with E-state index < -0.39 is 10.0 Å². The predicted molar refractivity (Wildman–Crippen MR) is 129 cm³/mol. The van der Waals surface area contributed by atoms with Crippen LogP contribution in [0.3, 0.4) is 0 Å². The lowest BCUT2D eigenvalue weighted by Gasteiger charge is -2.16. The van der Waals surface area contributed by atoms with Crippen molar-refractivity contribution in [3.63, 3.8) is 0 Å². The number of rotatable bonds is 6. The largest absolute Gasteiger partial charge is 0.495 e. The molecule has 0 saturated carbocycles. The highest BCUT2D eigenvalue weighted by molar-refractivity contribution is 7.92. The smallest absolute Gasteiger partial charge is 0.265 e. The van der Waals surface area contributed by atoms with Gasteiger partial charge in [0.15, 0.2) is 0 Å². The number of methoxy groups -OCH3 is 1.